The van der Waals surface area contributed by atoms with Crippen LogP contribution in [0, 0.1) is 0 Å². The van der Waals surface area contributed by atoms with Gasteiger partial charge in [0, 0.05) is 0 Å². The van der Waals surface area contributed by atoms with Crippen LogP contribution in [0.25, 0.3) is 6.08 Å². The first-order valence-corrected chi connectivity index (χ1v) is 6.44. The lowest BCUT2D eigenvalue weighted by molar-refractivity contribution is 0.0443. The second-order valence-corrected chi connectivity index (χ2v) is 4.60. The fourth-order valence-corrected chi connectivity index (χ4v) is 2.05. The van der Waals surface area contributed by atoms with Gasteiger partial charge >= 0.3 is 17.9 Å². The zero-order chi connectivity index (χ0) is 15.7. The Labute approximate surface area is 125 Å². The van der Waals surface area contributed by atoms with E-state index in [4.69, 9.17) is 4.74 Å². The molecule has 0 aliphatic carbocycles. The van der Waals surface area contributed by atoms with Crippen molar-refractivity contribution in [2.45, 2.75) is 0 Å². The van der Waals surface area contributed by atoms with E-state index < -0.39 is 17.9 Å². The maximum Gasteiger partial charge on any atom is 0.346 e. The van der Waals surface area contributed by atoms with E-state index in [1.807, 2.05) is 0 Å². The molecule has 1 aliphatic rings. The Kier molecular flexibility index (Phi) is 3.31. The fourth-order valence-electron chi connectivity index (χ4n) is 2.05. The van der Waals surface area contributed by atoms with Crippen LogP contribution in [0.1, 0.15) is 36.6 Å². The predicted molar refractivity (Wildman–Crippen MR) is 77.7 cm³/mol. The Morgan fingerprint density at radius 1 is 1.00 bits per heavy atom. The van der Waals surface area contributed by atoms with Gasteiger partial charge in [-0.05, 0) is 35.9 Å². The number of carbonyl (C=O) groups excluding carboxylic acids is 3. The van der Waals surface area contributed by atoms with Crippen molar-refractivity contribution < 1.29 is 23.9 Å². The molecule has 0 fully saturated rings. The lowest BCUT2D eigenvalue weighted by atomic mass is 10.1. The van der Waals surface area contributed by atoms with Gasteiger partial charge in [-0.25, -0.2) is 14.4 Å². The highest BCUT2D eigenvalue weighted by Crippen LogP contribution is 2.22. The minimum Gasteiger partial charge on any atom is -0.423 e. The molecule has 2 aromatic rings. The average molecular weight is 294 g/mol. The molecular formula is C17H10O5. The van der Waals surface area contributed by atoms with Crippen LogP contribution in [0.4, 0.5) is 0 Å². The molecule has 0 aromatic heterocycles. The maximum absolute atomic E-state index is 12.1. The Bertz CT molecular complexity index is 802. The summed E-state index contributed by atoms with van der Waals surface area (Å²) in [5.41, 5.74) is 1.29. The van der Waals surface area contributed by atoms with Crippen LogP contribution in [-0.4, -0.2) is 17.9 Å². The number of hydrogen-bond acceptors (Lipinski definition) is 5. The summed E-state index contributed by atoms with van der Waals surface area (Å²) in [6.07, 6.45) is 1.68. The smallest absolute Gasteiger partial charge is 0.346 e. The second kappa shape index (κ2) is 5.29. The van der Waals surface area contributed by atoms with Gasteiger partial charge in [-0.15, -0.1) is 0 Å². The molecule has 0 unspecified atom stereocenters. The van der Waals surface area contributed by atoms with Gasteiger partial charge in [0.15, 0.2) is 0 Å². The molecule has 0 bridgehead atoms. The molecular weight excluding hydrogens is 284 g/mol. The van der Waals surface area contributed by atoms with Crippen LogP contribution >= 0.6 is 0 Å². The largest absolute Gasteiger partial charge is 0.423 e. The van der Waals surface area contributed by atoms with E-state index in [1.165, 1.54) is 18.2 Å². The van der Waals surface area contributed by atoms with Crippen molar-refractivity contribution in [3.05, 3.63) is 71.3 Å². The topological polar surface area (TPSA) is 69.7 Å². The normalized spacial score (nSPS) is 12.5. The monoisotopic (exact) mass is 294 g/mol. The maximum atomic E-state index is 12.1. The molecule has 0 spiro atoms. The van der Waals surface area contributed by atoms with Gasteiger partial charge in [-0.1, -0.05) is 24.8 Å². The first-order chi connectivity index (χ1) is 10.6. The third-order valence-electron chi connectivity index (χ3n) is 3.21. The number of hydrogen-bond donors (Lipinski definition) is 0. The molecule has 1 heterocycles. The van der Waals surface area contributed by atoms with E-state index in [0.717, 1.165) is 5.56 Å². The number of benzene rings is 2. The van der Waals surface area contributed by atoms with Gasteiger partial charge in [0.2, 0.25) is 0 Å². The van der Waals surface area contributed by atoms with Crippen molar-refractivity contribution in [1.29, 1.82) is 0 Å². The molecule has 5 nitrogen and oxygen atoms in total. The highest BCUT2D eigenvalue weighted by Gasteiger charge is 2.30. The van der Waals surface area contributed by atoms with Crippen molar-refractivity contribution in [2.24, 2.45) is 0 Å². The average Bonchev–Trinajstić information content (AvgIpc) is 2.82. The van der Waals surface area contributed by atoms with Gasteiger partial charge in [-0.2, -0.15) is 0 Å². The van der Waals surface area contributed by atoms with Gasteiger partial charge in [0.05, 0.1) is 16.7 Å². The van der Waals surface area contributed by atoms with E-state index in [-0.39, 0.29) is 16.7 Å². The summed E-state index contributed by atoms with van der Waals surface area (Å²) in [4.78, 5) is 34.9. The van der Waals surface area contributed by atoms with Crippen molar-refractivity contribution in [2.75, 3.05) is 0 Å². The number of carbonyl (C=O) groups is 3. The molecule has 2 aromatic carbocycles. The van der Waals surface area contributed by atoms with E-state index in [0.29, 0.717) is 5.75 Å². The standard InChI is InChI=1S/C17H10O5/c1-2-10-3-6-12(7-4-10)21-15(18)11-5-8-13-14(9-11)17(20)22-16(13)19/h2-9H,1H2. The number of rotatable bonds is 3. The van der Waals surface area contributed by atoms with Crippen LogP contribution < -0.4 is 4.74 Å². The minimum absolute atomic E-state index is 0.0708. The lowest BCUT2D eigenvalue weighted by Crippen LogP contribution is -2.09. The first kappa shape index (κ1) is 13.8. The zero-order valence-corrected chi connectivity index (χ0v) is 11.4. The quantitative estimate of drug-likeness (QED) is 0.494. The number of ether oxygens (including phenoxy) is 2. The van der Waals surface area contributed by atoms with Crippen molar-refractivity contribution in [3.63, 3.8) is 0 Å². The van der Waals surface area contributed by atoms with E-state index in [2.05, 4.69) is 11.3 Å². The summed E-state index contributed by atoms with van der Waals surface area (Å²) < 4.78 is 9.68. The fraction of sp³-hybridized carbons (Fsp3) is 0. The van der Waals surface area contributed by atoms with Gasteiger partial charge < -0.3 is 9.47 Å². The third-order valence-corrected chi connectivity index (χ3v) is 3.21. The summed E-state index contributed by atoms with van der Waals surface area (Å²) in [5.74, 6) is -1.72. The third kappa shape index (κ3) is 2.40. The SMILES string of the molecule is C=Cc1ccc(OC(=O)c2ccc3c(c2)C(=O)OC3=O)cc1. The number of esters is 3. The number of fused-ring (bicyclic) bond motifs is 1. The number of cyclic esters (lactones) is 2. The Balaban J connectivity index is 1.83. The molecule has 0 saturated carbocycles. The van der Waals surface area contributed by atoms with E-state index in [9.17, 15) is 14.4 Å². The molecule has 0 N–H and O–H groups in total. The molecule has 3 rings (SSSR count). The molecule has 0 atom stereocenters. The molecule has 22 heavy (non-hydrogen) atoms. The van der Waals surface area contributed by atoms with Crippen LogP contribution in [0.3, 0.4) is 0 Å². The van der Waals surface area contributed by atoms with Crippen molar-refractivity contribution in [1.82, 2.24) is 0 Å². The van der Waals surface area contributed by atoms with Crippen molar-refractivity contribution in [3.8, 4) is 5.75 Å². The minimum atomic E-state index is -0.759. The summed E-state index contributed by atoms with van der Waals surface area (Å²) in [6.45, 7) is 3.64. The van der Waals surface area contributed by atoms with Crippen molar-refractivity contribution >= 4 is 24.0 Å². The Morgan fingerprint density at radius 3 is 2.36 bits per heavy atom. The Morgan fingerprint density at radius 2 is 1.68 bits per heavy atom. The van der Waals surface area contributed by atoms with Crippen LogP contribution in [0.2, 0.25) is 0 Å². The second-order valence-electron chi connectivity index (χ2n) is 4.60. The van der Waals surface area contributed by atoms with Gasteiger partial charge in [0.1, 0.15) is 5.75 Å². The summed E-state index contributed by atoms with van der Waals surface area (Å²) in [6, 6.07) is 10.9. The Hall–Kier alpha value is -3.21. The highest BCUT2D eigenvalue weighted by molar-refractivity contribution is 6.15. The molecule has 0 saturated heterocycles. The molecule has 108 valence electrons. The molecule has 5 heteroatoms. The van der Waals surface area contributed by atoms with Gasteiger partial charge in [-0.3, -0.25) is 0 Å². The first-order valence-electron chi connectivity index (χ1n) is 6.44. The lowest BCUT2D eigenvalue weighted by Gasteiger charge is -2.05. The predicted octanol–water partition coefficient (Wildman–Crippen LogP) is 2.86. The summed E-state index contributed by atoms with van der Waals surface area (Å²) >= 11 is 0. The zero-order valence-electron chi connectivity index (χ0n) is 11.4. The highest BCUT2D eigenvalue weighted by atomic mass is 16.6. The van der Waals surface area contributed by atoms with Crippen LogP contribution in [-0.2, 0) is 4.74 Å². The van der Waals surface area contributed by atoms with Gasteiger partial charge in [0.25, 0.3) is 0 Å². The van der Waals surface area contributed by atoms with E-state index >= 15 is 0 Å². The molecule has 0 radical (unpaired) electrons. The molecule has 1 aliphatic heterocycles. The summed E-state index contributed by atoms with van der Waals surface area (Å²) in [5, 5.41) is 0. The molecule has 0 amide bonds. The van der Waals surface area contributed by atoms with E-state index in [1.54, 1.807) is 30.3 Å². The van der Waals surface area contributed by atoms with Crippen LogP contribution in [0.15, 0.2) is 49.0 Å². The summed E-state index contributed by atoms with van der Waals surface area (Å²) in [7, 11) is 0. The van der Waals surface area contributed by atoms with Crippen LogP contribution in [0.5, 0.6) is 5.75 Å².